The van der Waals surface area contributed by atoms with Gasteiger partial charge < -0.3 is 0 Å². The zero-order valence-electron chi connectivity index (χ0n) is 14.1. The van der Waals surface area contributed by atoms with E-state index in [-0.39, 0.29) is 22.9 Å². The Morgan fingerprint density at radius 3 is 2.27 bits per heavy atom. The van der Waals surface area contributed by atoms with Crippen LogP contribution in [0, 0.1) is 5.82 Å². The van der Waals surface area contributed by atoms with Gasteiger partial charge in [-0.25, -0.2) is 12.8 Å². The second-order valence-corrected chi connectivity index (χ2v) is 8.97. The first-order chi connectivity index (χ1) is 12.3. The smallest absolute Gasteiger partial charge is 0.178 e. The summed E-state index contributed by atoms with van der Waals surface area (Å²) in [6.07, 6.45) is 2.38. The standard InChI is InChI=1S/C19H19Cl2FO3S/c20-18-10-5-14(13-19(18)21)12-16(23)4-2-1-3-11-26(24,25)17-8-6-15(22)7-9-17/h5-10,13H,1-4,11-12H2. The van der Waals surface area contributed by atoms with Gasteiger partial charge in [-0.15, -0.1) is 0 Å². The third kappa shape index (κ3) is 6.38. The van der Waals surface area contributed by atoms with Crippen LogP contribution in [0.2, 0.25) is 10.0 Å². The van der Waals surface area contributed by atoms with Crippen LogP contribution in [0.5, 0.6) is 0 Å². The summed E-state index contributed by atoms with van der Waals surface area (Å²) in [6.45, 7) is 0. The van der Waals surface area contributed by atoms with E-state index in [1.165, 1.54) is 12.1 Å². The van der Waals surface area contributed by atoms with Gasteiger partial charge in [0.25, 0.3) is 0 Å². The SMILES string of the molecule is O=C(CCCCCS(=O)(=O)c1ccc(F)cc1)Cc1ccc(Cl)c(Cl)c1. The van der Waals surface area contributed by atoms with Gasteiger partial charge in [-0.05, 0) is 54.8 Å². The van der Waals surface area contributed by atoms with Gasteiger partial charge in [0.15, 0.2) is 9.84 Å². The van der Waals surface area contributed by atoms with Crippen LogP contribution >= 0.6 is 23.2 Å². The molecule has 2 rings (SSSR count). The Morgan fingerprint density at radius 2 is 1.62 bits per heavy atom. The van der Waals surface area contributed by atoms with E-state index >= 15 is 0 Å². The Morgan fingerprint density at radius 1 is 0.923 bits per heavy atom. The average molecular weight is 417 g/mol. The average Bonchev–Trinajstić information content (AvgIpc) is 2.58. The predicted molar refractivity (Wildman–Crippen MR) is 102 cm³/mol. The Bertz CT molecular complexity index is 865. The van der Waals surface area contributed by atoms with Gasteiger partial charge in [0.1, 0.15) is 11.6 Å². The van der Waals surface area contributed by atoms with Crippen molar-refractivity contribution in [3.63, 3.8) is 0 Å². The van der Waals surface area contributed by atoms with Gasteiger partial charge in [0.2, 0.25) is 0 Å². The molecule has 0 radical (unpaired) electrons. The Kier molecular flexibility index (Phi) is 7.62. The van der Waals surface area contributed by atoms with E-state index in [0.29, 0.717) is 35.7 Å². The molecule has 0 atom stereocenters. The summed E-state index contributed by atoms with van der Waals surface area (Å²) < 4.78 is 37.1. The number of carbonyl (C=O) groups is 1. The molecule has 0 unspecified atom stereocenters. The summed E-state index contributed by atoms with van der Waals surface area (Å²) in [4.78, 5) is 12.1. The highest BCUT2D eigenvalue weighted by Crippen LogP contribution is 2.23. The van der Waals surface area contributed by atoms with Gasteiger partial charge in [-0.2, -0.15) is 0 Å². The molecule has 26 heavy (non-hydrogen) atoms. The molecular weight excluding hydrogens is 398 g/mol. The van der Waals surface area contributed by atoms with E-state index in [2.05, 4.69) is 0 Å². The van der Waals surface area contributed by atoms with Crippen molar-refractivity contribution in [3.8, 4) is 0 Å². The molecule has 0 aliphatic carbocycles. The minimum Gasteiger partial charge on any atom is -0.299 e. The highest BCUT2D eigenvalue weighted by Gasteiger charge is 2.14. The lowest BCUT2D eigenvalue weighted by atomic mass is 10.0. The molecule has 140 valence electrons. The van der Waals surface area contributed by atoms with E-state index in [1.54, 1.807) is 18.2 Å². The first-order valence-electron chi connectivity index (χ1n) is 8.22. The lowest BCUT2D eigenvalue weighted by Gasteiger charge is -2.05. The van der Waals surface area contributed by atoms with E-state index < -0.39 is 15.7 Å². The van der Waals surface area contributed by atoms with Crippen molar-refractivity contribution < 1.29 is 17.6 Å². The third-order valence-corrected chi connectivity index (χ3v) is 6.48. The van der Waals surface area contributed by atoms with Gasteiger partial charge in [-0.3, -0.25) is 4.79 Å². The van der Waals surface area contributed by atoms with Crippen LogP contribution in [0.4, 0.5) is 4.39 Å². The fraction of sp³-hybridized carbons (Fsp3) is 0.316. The molecule has 0 fully saturated rings. The van der Waals surface area contributed by atoms with Crippen molar-refractivity contribution in [2.24, 2.45) is 0 Å². The van der Waals surface area contributed by atoms with Crippen LogP contribution in [0.15, 0.2) is 47.4 Å². The van der Waals surface area contributed by atoms with E-state index in [4.69, 9.17) is 23.2 Å². The quantitative estimate of drug-likeness (QED) is 0.412. The maximum absolute atomic E-state index is 12.9. The molecule has 0 bridgehead atoms. The van der Waals surface area contributed by atoms with Crippen molar-refractivity contribution >= 4 is 38.8 Å². The molecule has 0 N–H and O–H groups in total. The lowest BCUT2D eigenvalue weighted by molar-refractivity contribution is -0.118. The normalized spacial score (nSPS) is 11.5. The summed E-state index contributed by atoms with van der Waals surface area (Å²) in [5.41, 5.74) is 0.809. The summed E-state index contributed by atoms with van der Waals surface area (Å²) in [6, 6.07) is 9.91. The predicted octanol–water partition coefficient (Wildman–Crippen LogP) is 5.28. The molecule has 2 aromatic rings. The van der Waals surface area contributed by atoms with Crippen LogP contribution in [-0.2, 0) is 21.1 Å². The highest BCUT2D eigenvalue weighted by molar-refractivity contribution is 7.91. The number of benzene rings is 2. The summed E-state index contributed by atoms with van der Waals surface area (Å²) in [5, 5.41) is 0.869. The fourth-order valence-electron chi connectivity index (χ4n) is 2.52. The Hall–Kier alpha value is -1.43. The molecule has 0 saturated carbocycles. The van der Waals surface area contributed by atoms with Crippen LogP contribution < -0.4 is 0 Å². The molecular formula is C19H19Cl2FO3S. The van der Waals surface area contributed by atoms with Crippen molar-refractivity contribution in [1.82, 2.24) is 0 Å². The number of hydrogen-bond acceptors (Lipinski definition) is 3. The number of halogens is 3. The monoisotopic (exact) mass is 416 g/mol. The molecule has 0 heterocycles. The van der Waals surface area contributed by atoms with Crippen molar-refractivity contribution in [1.29, 1.82) is 0 Å². The fourth-order valence-corrected chi connectivity index (χ4v) is 4.21. The number of Topliss-reactive ketones (excluding diaryl/α,β-unsaturated/α-hetero) is 1. The lowest BCUT2D eigenvalue weighted by Crippen LogP contribution is -2.07. The Balaban J connectivity index is 1.72. The summed E-state index contributed by atoms with van der Waals surface area (Å²) in [5.74, 6) is -0.409. The molecule has 7 heteroatoms. The Labute approximate surface area is 163 Å². The van der Waals surface area contributed by atoms with E-state index in [1.807, 2.05) is 0 Å². The van der Waals surface area contributed by atoms with Crippen LogP contribution in [0.25, 0.3) is 0 Å². The largest absolute Gasteiger partial charge is 0.299 e. The number of unbranched alkanes of at least 4 members (excludes halogenated alkanes) is 2. The first kappa shape index (κ1) is 20.9. The number of rotatable bonds is 9. The molecule has 2 aromatic carbocycles. The van der Waals surface area contributed by atoms with Crippen LogP contribution in [0.1, 0.15) is 31.2 Å². The molecule has 0 aromatic heterocycles. The van der Waals surface area contributed by atoms with Crippen LogP contribution in [0.3, 0.4) is 0 Å². The van der Waals surface area contributed by atoms with Crippen molar-refractivity contribution in [2.75, 3.05) is 5.75 Å². The van der Waals surface area contributed by atoms with Crippen molar-refractivity contribution in [2.45, 2.75) is 37.0 Å². The molecule has 0 aliphatic rings. The van der Waals surface area contributed by atoms with Crippen molar-refractivity contribution in [3.05, 3.63) is 63.9 Å². The first-order valence-corrected chi connectivity index (χ1v) is 10.6. The number of hydrogen-bond donors (Lipinski definition) is 0. The molecule has 0 saturated heterocycles. The van der Waals surface area contributed by atoms with Gasteiger partial charge in [0.05, 0.1) is 20.7 Å². The molecule has 0 aliphatic heterocycles. The second-order valence-electron chi connectivity index (χ2n) is 6.05. The molecule has 3 nitrogen and oxygen atoms in total. The molecule has 0 spiro atoms. The highest BCUT2D eigenvalue weighted by atomic mass is 35.5. The van der Waals surface area contributed by atoms with Gasteiger partial charge >= 0.3 is 0 Å². The summed E-state index contributed by atoms with van der Waals surface area (Å²) in [7, 11) is -3.41. The van der Waals surface area contributed by atoms with E-state index in [0.717, 1.165) is 17.7 Å². The second kappa shape index (κ2) is 9.49. The zero-order valence-corrected chi connectivity index (χ0v) is 16.4. The number of sulfone groups is 1. The van der Waals surface area contributed by atoms with Gasteiger partial charge in [-0.1, -0.05) is 35.7 Å². The maximum atomic E-state index is 12.9. The minimum atomic E-state index is -3.41. The zero-order chi connectivity index (χ0) is 19.2. The maximum Gasteiger partial charge on any atom is 0.178 e. The number of ketones is 1. The third-order valence-electron chi connectivity index (χ3n) is 3.93. The van der Waals surface area contributed by atoms with E-state index in [9.17, 15) is 17.6 Å². The van der Waals surface area contributed by atoms with Gasteiger partial charge in [0, 0.05) is 12.8 Å². The topological polar surface area (TPSA) is 51.2 Å². The van der Waals surface area contributed by atoms with Crippen LogP contribution in [-0.4, -0.2) is 20.0 Å². The number of carbonyl (C=O) groups excluding carboxylic acids is 1. The molecule has 0 amide bonds. The summed E-state index contributed by atoms with van der Waals surface area (Å²) >= 11 is 11.8. The minimum absolute atomic E-state index is 0.0143.